The van der Waals surface area contributed by atoms with E-state index in [0.717, 1.165) is 44.1 Å². The number of aromatic nitrogens is 1. The van der Waals surface area contributed by atoms with Gasteiger partial charge in [0, 0.05) is 38.1 Å². The Morgan fingerprint density at radius 3 is 2.48 bits per heavy atom. The van der Waals surface area contributed by atoms with Gasteiger partial charge in [0.25, 0.3) is 0 Å². The lowest BCUT2D eigenvalue weighted by molar-refractivity contribution is 0.798. The summed E-state index contributed by atoms with van der Waals surface area (Å²) in [5, 5.41) is 7.18. The Kier molecular flexibility index (Phi) is 7.11. The first kappa shape index (κ1) is 19.2. The Morgan fingerprint density at radius 1 is 1.07 bits per heavy atom. The number of rotatable bonds is 7. The van der Waals surface area contributed by atoms with Crippen LogP contribution in [-0.2, 0) is 13.0 Å². The van der Waals surface area contributed by atoms with E-state index in [1.54, 1.807) is 0 Å². The van der Waals surface area contributed by atoms with E-state index in [1.165, 1.54) is 11.3 Å². The van der Waals surface area contributed by atoms with Crippen LogP contribution in [0.1, 0.15) is 18.1 Å². The lowest BCUT2D eigenvalue weighted by Crippen LogP contribution is -2.38. The molecule has 142 valence electrons. The molecule has 0 radical (unpaired) electrons. The lowest BCUT2D eigenvalue weighted by atomic mass is 10.2. The van der Waals surface area contributed by atoms with E-state index in [0.29, 0.717) is 11.7 Å². The van der Waals surface area contributed by atoms with Crippen LogP contribution < -0.4 is 15.5 Å². The van der Waals surface area contributed by atoms with Gasteiger partial charge in [-0.2, -0.15) is 0 Å². The topological polar surface area (TPSA) is 52.6 Å². The van der Waals surface area contributed by atoms with Crippen LogP contribution in [0.5, 0.6) is 0 Å². The Hall–Kier alpha value is -2.53. The summed E-state index contributed by atoms with van der Waals surface area (Å²) in [5.41, 5.74) is 3.61. The molecule has 2 N–H and O–H groups in total. The molecule has 6 heteroatoms. The standard InChI is InChI=1S/C21H26ClN5/c1-2-23-21(24-12-11-18-7-10-20(22)25-15-18)26-16-17-5-8-19(9-6-17)27-13-3-4-14-27/h3-10,15H,2,11-14,16H2,1H3,(H2,23,24,26). The Balaban J connectivity index is 1.51. The highest BCUT2D eigenvalue weighted by Crippen LogP contribution is 2.17. The number of pyridine rings is 1. The second-order valence-corrected chi connectivity index (χ2v) is 6.79. The van der Waals surface area contributed by atoms with E-state index >= 15 is 0 Å². The van der Waals surface area contributed by atoms with E-state index in [-0.39, 0.29) is 0 Å². The van der Waals surface area contributed by atoms with Crippen LogP contribution in [0.3, 0.4) is 0 Å². The molecule has 5 nitrogen and oxygen atoms in total. The van der Waals surface area contributed by atoms with Gasteiger partial charge in [0.2, 0.25) is 0 Å². The van der Waals surface area contributed by atoms with E-state index in [2.05, 4.69) is 68.9 Å². The molecular weight excluding hydrogens is 358 g/mol. The number of aliphatic imine (C=N–C) groups is 1. The van der Waals surface area contributed by atoms with Crippen molar-refractivity contribution in [3.63, 3.8) is 0 Å². The zero-order chi connectivity index (χ0) is 18.9. The molecule has 0 unspecified atom stereocenters. The predicted octanol–water partition coefficient (Wildman–Crippen LogP) is 3.41. The summed E-state index contributed by atoms with van der Waals surface area (Å²) in [4.78, 5) is 11.1. The highest BCUT2D eigenvalue weighted by Gasteiger charge is 2.07. The zero-order valence-corrected chi connectivity index (χ0v) is 16.4. The van der Waals surface area contributed by atoms with Crippen LogP contribution in [0.25, 0.3) is 0 Å². The molecular formula is C21H26ClN5. The van der Waals surface area contributed by atoms with Gasteiger partial charge in [-0.25, -0.2) is 9.98 Å². The molecule has 3 rings (SSSR count). The third-order valence-electron chi connectivity index (χ3n) is 4.38. The number of hydrogen-bond donors (Lipinski definition) is 2. The van der Waals surface area contributed by atoms with Crippen molar-refractivity contribution in [3.05, 3.63) is 71.0 Å². The van der Waals surface area contributed by atoms with Gasteiger partial charge in [0.05, 0.1) is 6.54 Å². The van der Waals surface area contributed by atoms with Gasteiger partial charge in [-0.1, -0.05) is 42.0 Å². The summed E-state index contributed by atoms with van der Waals surface area (Å²) in [5.74, 6) is 0.826. The third-order valence-corrected chi connectivity index (χ3v) is 4.60. The van der Waals surface area contributed by atoms with Gasteiger partial charge >= 0.3 is 0 Å². The molecule has 0 atom stereocenters. The van der Waals surface area contributed by atoms with Crippen LogP contribution >= 0.6 is 11.6 Å². The summed E-state index contributed by atoms with van der Waals surface area (Å²) >= 11 is 5.82. The zero-order valence-electron chi connectivity index (χ0n) is 15.7. The summed E-state index contributed by atoms with van der Waals surface area (Å²) < 4.78 is 0. The molecule has 2 aromatic rings. The van der Waals surface area contributed by atoms with Gasteiger partial charge in [0.15, 0.2) is 5.96 Å². The SMILES string of the molecule is CCNC(=NCc1ccc(N2CC=CC2)cc1)NCCc1ccc(Cl)nc1. The van der Waals surface area contributed by atoms with Gasteiger partial charge in [-0.15, -0.1) is 0 Å². The quantitative estimate of drug-likeness (QED) is 0.333. The number of nitrogens with zero attached hydrogens (tertiary/aromatic N) is 3. The Bertz CT molecular complexity index is 760. The molecule has 2 heterocycles. The number of benzene rings is 1. The molecule has 1 aromatic heterocycles. The molecule has 0 bridgehead atoms. The van der Waals surface area contributed by atoms with E-state index in [9.17, 15) is 0 Å². The van der Waals surface area contributed by atoms with Gasteiger partial charge in [0.1, 0.15) is 5.15 Å². The minimum Gasteiger partial charge on any atom is -0.364 e. The van der Waals surface area contributed by atoms with Crippen LogP contribution in [0.4, 0.5) is 5.69 Å². The van der Waals surface area contributed by atoms with E-state index < -0.39 is 0 Å². The fourth-order valence-electron chi connectivity index (χ4n) is 2.89. The van der Waals surface area contributed by atoms with Gasteiger partial charge in [-0.05, 0) is 42.7 Å². The van der Waals surface area contributed by atoms with Crippen molar-refractivity contribution in [3.8, 4) is 0 Å². The molecule has 27 heavy (non-hydrogen) atoms. The highest BCUT2D eigenvalue weighted by atomic mass is 35.5. The number of guanidine groups is 1. The van der Waals surface area contributed by atoms with Crippen LogP contribution in [-0.4, -0.2) is 37.1 Å². The maximum absolute atomic E-state index is 5.82. The van der Waals surface area contributed by atoms with Crippen molar-refractivity contribution in [2.45, 2.75) is 19.9 Å². The van der Waals surface area contributed by atoms with Crippen LogP contribution in [0, 0.1) is 0 Å². The second-order valence-electron chi connectivity index (χ2n) is 6.40. The summed E-state index contributed by atoms with van der Waals surface area (Å²) in [7, 11) is 0. The average Bonchev–Trinajstić information content (AvgIpc) is 3.23. The fraction of sp³-hybridized carbons (Fsp3) is 0.333. The largest absolute Gasteiger partial charge is 0.364 e. The second kappa shape index (κ2) is 9.97. The monoisotopic (exact) mass is 383 g/mol. The van der Waals surface area contributed by atoms with Gasteiger partial charge in [-0.3, -0.25) is 0 Å². The molecule has 0 aliphatic carbocycles. The maximum atomic E-state index is 5.82. The number of hydrogen-bond acceptors (Lipinski definition) is 3. The lowest BCUT2D eigenvalue weighted by Gasteiger charge is -2.17. The molecule has 0 spiro atoms. The van der Waals surface area contributed by atoms with Crippen LogP contribution in [0.2, 0.25) is 5.15 Å². The third kappa shape index (κ3) is 6.00. The van der Waals surface area contributed by atoms with Crippen LogP contribution in [0.15, 0.2) is 59.7 Å². The van der Waals surface area contributed by atoms with Crippen molar-refractivity contribution in [1.82, 2.24) is 15.6 Å². The number of halogens is 1. The predicted molar refractivity (Wildman–Crippen MR) is 114 cm³/mol. The smallest absolute Gasteiger partial charge is 0.191 e. The summed E-state index contributed by atoms with van der Waals surface area (Å²) in [6, 6.07) is 12.5. The molecule has 0 saturated heterocycles. The minimum atomic E-state index is 0.522. The van der Waals surface area contributed by atoms with Crippen molar-refractivity contribution < 1.29 is 0 Å². The highest BCUT2D eigenvalue weighted by molar-refractivity contribution is 6.29. The normalized spacial score (nSPS) is 13.9. The molecule has 0 fully saturated rings. The fourth-order valence-corrected chi connectivity index (χ4v) is 3.00. The van der Waals surface area contributed by atoms with Crippen molar-refractivity contribution in [2.24, 2.45) is 4.99 Å². The summed E-state index contributed by atoms with van der Waals surface area (Å²) in [6.45, 7) is 6.32. The molecule has 1 aliphatic rings. The average molecular weight is 384 g/mol. The first-order valence-electron chi connectivity index (χ1n) is 9.36. The molecule has 0 saturated carbocycles. The molecule has 0 amide bonds. The van der Waals surface area contributed by atoms with E-state index in [1.807, 2.05) is 18.3 Å². The van der Waals surface area contributed by atoms with Crippen molar-refractivity contribution >= 4 is 23.2 Å². The van der Waals surface area contributed by atoms with Crippen molar-refractivity contribution in [1.29, 1.82) is 0 Å². The summed E-state index contributed by atoms with van der Waals surface area (Å²) in [6.07, 6.45) is 7.08. The first-order chi connectivity index (χ1) is 13.2. The maximum Gasteiger partial charge on any atom is 0.191 e. The number of anilines is 1. The Labute approximate surface area is 166 Å². The Morgan fingerprint density at radius 2 is 1.81 bits per heavy atom. The number of nitrogens with one attached hydrogen (secondary N) is 2. The first-order valence-corrected chi connectivity index (χ1v) is 9.74. The minimum absolute atomic E-state index is 0.522. The van der Waals surface area contributed by atoms with E-state index in [4.69, 9.17) is 11.6 Å². The van der Waals surface area contributed by atoms with Gasteiger partial charge < -0.3 is 15.5 Å². The molecule has 1 aliphatic heterocycles. The van der Waals surface area contributed by atoms with Crippen molar-refractivity contribution in [2.75, 3.05) is 31.1 Å². The molecule has 1 aromatic carbocycles.